The summed E-state index contributed by atoms with van der Waals surface area (Å²) in [6.07, 6.45) is 3.80. The van der Waals surface area contributed by atoms with E-state index in [2.05, 4.69) is 173 Å². The largest absolute Gasteiger partial charge is 0.457 e. The minimum Gasteiger partial charge on any atom is -0.457 e. The lowest BCUT2D eigenvalue weighted by Gasteiger charge is -2.25. The van der Waals surface area contributed by atoms with Crippen molar-refractivity contribution in [1.29, 1.82) is 0 Å². The zero-order valence-corrected chi connectivity index (χ0v) is 33.5. The molecule has 1 aliphatic heterocycles. The van der Waals surface area contributed by atoms with Gasteiger partial charge < -0.3 is 14.5 Å². The number of nitrogens with zero attached hydrogens (tertiary/aromatic N) is 5. The highest BCUT2D eigenvalue weighted by atomic mass is 16.5. The van der Waals surface area contributed by atoms with Crippen LogP contribution in [0.1, 0.15) is 54.2 Å². The maximum atomic E-state index is 6.68. The summed E-state index contributed by atoms with van der Waals surface area (Å²) >= 11 is 0. The van der Waals surface area contributed by atoms with Crippen molar-refractivity contribution in [3.8, 4) is 28.4 Å². The van der Waals surface area contributed by atoms with Gasteiger partial charge in [-0.1, -0.05) is 62.7 Å². The fourth-order valence-corrected chi connectivity index (χ4v) is 8.77. The number of ether oxygens (including phenoxy) is 1. The first-order chi connectivity index (χ1) is 26.9. The number of anilines is 4. The van der Waals surface area contributed by atoms with E-state index >= 15 is 0 Å². The molecule has 6 nitrogen and oxygen atoms in total. The van der Waals surface area contributed by atoms with Gasteiger partial charge in [0, 0.05) is 41.0 Å². The second-order valence-corrected chi connectivity index (χ2v) is 16.4. The molecule has 0 fully saturated rings. The predicted molar refractivity (Wildman–Crippen MR) is 233 cm³/mol. The van der Waals surface area contributed by atoms with E-state index in [9.17, 15) is 0 Å². The van der Waals surface area contributed by atoms with Gasteiger partial charge in [-0.05, 0) is 146 Å². The van der Waals surface area contributed by atoms with Crippen LogP contribution in [0.2, 0.25) is 0 Å². The van der Waals surface area contributed by atoms with E-state index in [1.807, 2.05) is 24.5 Å². The van der Waals surface area contributed by atoms with E-state index in [0.29, 0.717) is 6.67 Å². The molecule has 278 valence electrons. The van der Waals surface area contributed by atoms with Crippen molar-refractivity contribution in [2.45, 2.75) is 60.8 Å². The average Bonchev–Trinajstić information content (AvgIpc) is 3.70. The lowest BCUT2D eigenvalue weighted by atomic mass is 9.88. The monoisotopic (exact) mass is 733 g/mol. The number of pyridine rings is 2. The molecule has 6 heteroatoms. The van der Waals surface area contributed by atoms with Gasteiger partial charge in [0.05, 0.1) is 22.4 Å². The molecule has 0 radical (unpaired) electrons. The van der Waals surface area contributed by atoms with E-state index in [-0.39, 0.29) is 5.41 Å². The van der Waals surface area contributed by atoms with Gasteiger partial charge in [0.1, 0.15) is 24.0 Å². The van der Waals surface area contributed by atoms with Gasteiger partial charge in [-0.15, -0.1) is 0 Å². The van der Waals surface area contributed by atoms with Crippen LogP contribution in [0.3, 0.4) is 0 Å². The quantitative estimate of drug-likeness (QED) is 0.170. The second kappa shape index (κ2) is 13.4. The van der Waals surface area contributed by atoms with Crippen molar-refractivity contribution >= 4 is 44.7 Å². The molecule has 5 aromatic carbocycles. The van der Waals surface area contributed by atoms with Crippen LogP contribution in [0.5, 0.6) is 11.5 Å². The molecule has 56 heavy (non-hydrogen) atoms. The van der Waals surface area contributed by atoms with Crippen LogP contribution in [0.25, 0.3) is 38.8 Å². The van der Waals surface area contributed by atoms with Crippen LogP contribution in [-0.2, 0) is 5.41 Å². The highest BCUT2D eigenvalue weighted by Gasteiger charge is 2.31. The predicted octanol–water partition coefficient (Wildman–Crippen LogP) is 13.1. The van der Waals surface area contributed by atoms with Crippen molar-refractivity contribution in [2.75, 3.05) is 16.5 Å². The van der Waals surface area contributed by atoms with Crippen molar-refractivity contribution < 1.29 is 4.74 Å². The van der Waals surface area contributed by atoms with Gasteiger partial charge >= 0.3 is 0 Å². The van der Waals surface area contributed by atoms with E-state index in [1.54, 1.807) is 0 Å². The maximum absolute atomic E-state index is 6.68. The van der Waals surface area contributed by atoms with Crippen LogP contribution >= 0.6 is 0 Å². The number of hydrogen-bond donors (Lipinski definition) is 0. The summed E-state index contributed by atoms with van der Waals surface area (Å²) in [6.45, 7) is 18.4. The molecule has 0 bridgehead atoms. The standard InChI is InChI=1S/C50H47N5O/c1-31-23-32(2)47(33(3)24-31)36-25-34(4)48(35(5)26-36)54-30-53(44-17-12-21-52-49(44)54)38-13-11-14-39(28-38)56-40-18-19-42-41-15-9-10-16-43(41)55(45(42)29-40)46-27-37(20-22-51-46)50(6,7)8/h9-29H,30H2,1-8H3. The first kappa shape index (κ1) is 35.3. The van der Waals surface area contributed by atoms with E-state index in [1.165, 1.54) is 55.6 Å². The molecule has 8 aromatic rings. The number of aryl methyl sites for hydroxylation is 5. The molecule has 0 N–H and O–H groups in total. The lowest BCUT2D eigenvalue weighted by molar-refractivity contribution is 0.483. The maximum Gasteiger partial charge on any atom is 0.158 e. The van der Waals surface area contributed by atoms with Crippen molar-refractivity contribution in [3.05, 3.63) is 161 Å². The molecule has 0 amide bonds. The molecule has 3 aromatic heterocycles. The number of rotatable bonds is 6. The minimum absolute atomic E-state index is 0.00105. The van der Waals surface area contributed by atoms with Crippen molar-refractivity contribution in [3.63, 3.8) is 0 Å². The first-order valence-corrected chi connectivity index (χ1v) is 19.4. The smallest absolute Gasteiger partial charge is 0.158 e. The Morgan fingerprint density at radius 1 is 0.589 bits per heavy atom. The Hall–Kier alpha value is -6.40. The molecule has 0 saturated carbocycles. The summed E-state index contributed by atoms with van der Waals surface area (Å²) in [5.74, 6) is 3.38. The van der Waals surface area contributed by atoms with Crippen LogP contribution in [-0.4, -0.2) is 21.2 Å². The van der Waals surface area contributed by atoms with Crippen molar-refractivity contribution in [1.82, 2.24) is 14.5 Å². The highest BCUT2D eigenvalue weighted by Crippen LogP contribution is 2.46. The zero-order valence-electron chi connectivity index (χ0n) is 33.5. The number of hydrogen-bond acceptors (Lipinski definition) is 5. The van der Waals surface area contributed by atoms with Crippen molar-refractivity contribution in [2.24, 2.45) is 0 Å². The summed E-state index contributed by atoms with van der Waals surface area (Å²) in [4.78, 5) is 14.5. The molecule has 0 unspecified atom stereocenters. The lowest BCUT2D eigenvalue weighted by Crippen LogP contribution is -2.25. The topological polar surface area (TPSA) is 46.4 Å². The minimum atomic E-state index is 0.00105. The van der Waals surface area contributed by atoms with E-state index in [0.717, 1.165) is 50.9 Å². The van der Waals surface area contributed by atoms with Gasteiger partial charge in [-0.25, -0.2) is 9.97 Å². The molecule has 0 spiro atoms. The third-order valence-corrected chi connectivity index (χ3v) is 11.2. The van der Waals surface area contributed by atoms with Crippen LogP contribution in [0.15, 0.2) is 128 Å². The van der Waals surface area contributed by atoms with Crippen LogP contribution in [0.4, 0.5) is 22.9 Å². The molecule has 1 aliphatic rings. The van der Waals surface area contributed by atoms with Gasteiger partial charge in [0.2, 0.25) is 0 Å². The molecule has 0 aliphatic carbocycles. The SMILES string of the molecule is Cc1cc(C)c(-c2cc(C)c(N3CN(c4cccc(Oc5ccc6c7ccccc7n(-c7cc(C(C)(C)C)ccn7)c6c5)c4)c4cccnc43)c(C)c2)c(C)c1. The van der Waals surface area contributed by atoms with Gasteiger partial charge in [0.25, 0.3) is 0 Å². The summed E-state index contributed by atoms with van der Waals surface area (Å²) < 4.78 is 8.94. The molecule has 4 heterocycles. The van der Waals surface area contributed by atoms with Gasteiger partial charge in [-0.3, -0.25) is 4.57 Å². The normalized spacial score (nSPS) is 12.9. The van der Waals surface area contributed by atoms with E-state index in [4.69, 9.17) is 14.7 Å². The Bertz CT molecular complexity index is 2780. The Labute approximate surface area is 329 Å². The Kier molecular flexibility index (Phi) is 8.46. The highest BCUT2D eigenvalue weighted by molar-refractivity contribution is 6.09. The molecule has 0 atom stereocenters. The number of fused-ring (bicyclic) bond motifs is 4. The number of benzene rings is 5. The third kappa shape index (κ3) is 6.06. The zero-order chi connectivity index (χ0) is 38.9. The molecular weight excluding hydrogens is 687 g/mol. The van der Waals surface area contributed by atoms with Crippen LogP contribution < -0.4 is 14.5 Å². The Balaban J connectivity index is 1.05. The number of para-hydroxylation sites is 1. The Morgan fingerprint density at radius 2 is 1.32 bits per heavy atom. The summed E-state index contributed by atoms with van der Waals surface area (Å²) in [5, 5.41) is 2.35. The van der Waals surface area contributed by atoms with Crippen LogP contribution in [0, 0.1) is 34.6 Å². The average molecular weight is 734 g/mol. The number of aromatic nitrogens is 3. The van der Waals surface area contributed by atoms with E-state index < -0.39 is 0 Å². The second-order valence-electron chi connectivity index (χ2n) is 16.4. The summed E-state index contributed by atoms with van der Waals surface area (Å²) in [7, 11) is 0. The third-order valence-electron chi connectivity index (χ3n) is 11.2. The Morgan fingerprint density at radius 3 is 2.09 bits per heavy atom. The molecular formula is C50H47N5O. The fraction of sp³-hybridized carbons (Fsp3) is 0.200. The summed E-state index contributed by atoms with van der Waals surface area (Å²) in [6, 6.07) is 41.0. The van der Waals surface area contributed by atoms with Gasteiger partial charge in [0.15, 0.2) is 5.82 Å². The molecule has 9 rings (SSSR count). The van der Waals surface area contributed by atoms with Gasteiger partial charge in [-0.2, -0.15) is 0 Å². The first-order valence-electron chi connectivity index (χ1n) is 19.4. The fourth-order valence-electron chi connectivity index (χ4n) is 8.77. The summed E-state index contributed by atoms with van der Waals surface area (Å²) in [5.41, 5.74) is 15.6. The molecule has 0 saturated heterocycles.